The molecule has 0 spiro atoms. The van der Waals surface area contributed by atoms with Crippen molar-refractivity contribution in [2.45, 2.75) is 13.5 Å². The van der Waals surface area contributed by atoms with E-state index >= 15 is 0 Å². The van der Waals surface area contributed by atoms with Gasteiger partial charge in [0.1, 0.15) is 6.29 Å². The van der Waals surface area contributed by atoms with Crippen LogP contribution in [0.5, 0.6) is 0 Å². The molecule has 20 heavy (non-hydrogen) atoms. The van der Waals surface area contributed by atoms with Crippen LogP contribution in [0.1, 0.15) is 5.56 Å². The first kappa shape index (κ1) is 12.3. The molecule has 0 aliphatic carbocycles. The number of nitrogens with zero attached hydrogens (tertiary/aromatic N) is 3. The minimum atomic E-state index is -0.0652. The number of aryl methyl sites for hydroxylation is 1. The van der Waals surface area contributed by atoms with Crippen molar-refractivity contribution >= 4 is 17.2 Å². The Labute approximate surface area is 115 Å². The van der Waals surface area contributed by atoms with E-state index in [1.807, 2.05) is 31.2 Å². The number of hydrogen-bond acceptors (Lipinski definition) is 3. The molecule has 1 aromatic carbocycles. The Morgan fingerprint density at radius 1 is 1.25 bits per heavy atom. The third-order valence-corrected chi connectivity index (χ3v) is 3.23. The van der Waals surface area contributed by atoms with Crippen LogP contribution in [-0.4, -0.2) is 20.6 Å². The fourth-order valence-electron chi connectivity index (χ4n) is 2.23. The predicted molar refractivity (Wildman–Crippen MR) is 76.1 cm³/mol. The highest BCUT2D eigenvalue weighted by atomic mass is 16.1. The van der Waals surface area contributed by atoms with Gasteiger partial charge in [0.05, 0.1) is 18.3 Å². The Morgan fingerprint density at radius 2 is 2.10 bits per heavy atom. The van der Waals surface area contributed by atoms with Crippen LogP contribution >= 0.6 is 0 Å². The molecule has 2 heterocycles. The number of pyridine rings is 1. The van der Waals surface area contributed by atoms with Gasteiger partial charge in [0.15, 0.2) is 0 Å². The fraction of sp³-hybridized carbons (Fsp3) is 0.133. The van der Waals surface area contributed by atoms with Crippen LogP contribution in [0, 0.1) is 6.92 Å². The van der Waals surface area contributed by atoms with Crippen LogP contribution < -0.4 is 5.56 Å². The summed E-state index contributed by atoms with van der Waals surface area (Å²) in [6.45, 7) is 2.12. The molecule has 0 N–H and O–H groups in total. The van der Waals surface area contributed by atoms with Crippen molar-refractivity contribution in [3.63, 3.8) is 0 Å². The minimum Gasteiger partial charge on any atom is -0.301 e. The molecule has 100 valence electrons. The Balaban J connectivity index is 2.13. The summed E-state index contributed by atoms with van der Waals surface area (Å²) in [7, 11) is 0. The molecule has 0 aliphatic rings. The van der Waals surface area contributed by atoms with Gasteiger partial charge < -0.3 is 4.79 Å². The van der Waals surface area contributed by atoms with Crippen molar-refractivity contribution in [3.05, 3.63) is 58.6 Å². The van der Waals surface area contributed by atoms with Gasteiger partial charge in [0, 0.05) is 23.3 Å². The topological polar surface area (TPSA) is 56.9 Å². The lowest BCUT2D eigenvalue weighted by atomic mass is 10.2. The summed E-state index contributed by atoms with van der Waals surface area (Å²) in [5.74, 6) is 0. The van der Waals surface area contributed by atoms with Gasteiger partial charge >= 0.3 is 0 Å². The maximum Gasteiger partial charge on any atom is 0.255 e. The number of fused-ring (bicyclic) bond motifs is 1. The minimum absolute atomic E-state index is 0.0652. The van der Waals surface area contributed by atoms with Gasteiger partial charge in [-0.1, -0.05) is 0 Å². The molecule has 3 rings (SSSR count). The monoisotopic (exact) mass is 267 g/mol. The first-order valence-corrected chi connectivity index (χ1v) is 6.28. The third kappa shape index (κ3) is 2.03. The molecule has 0 radical (unpaired) electrons. The van der Waals surface area contributed by atoms with Gasteiger partial charge in [-0.05, 0) is 36.8 Å². The highest BCUT2D eigenvalue weighted by Crippen LogP contribution is 2.17. The normalized spacial score (nSPS) is 10.8. The van der Waals surface area contributed by atoms with Crippen molar-refractivity contribution in [2.75, 3.05) is 0 Å². The second-order valence-corrected chi connectivity index (χ2v) is 4.65. The average Bonchev–Trinajstić information content (AvgIpc) is 2.82. The quantitative estimate of drug-likeness (QED) is 0.679. The summed E-state index contributed by atoms with van der Waals surface area (Å²) < 4.78 is 3.22. The molecule has 0 unspecified atom stereocenters. The van der Waals surface area contributed by atoms with Crippen LogP contribution in [0.15, 0.2) is 47.5 Å². The Kier molecular flexibility index (Phi) is 2.95. The van der Waals surface area contributed by atoms with Crippen molar-refractivity contribution < 1.29 is 4.79 Å². The van der Waals surface area contributed by atoms with Crippen molar-refractivity contribution in [3.8, 4) is 5.69 Å². The number of hydrogen-bond donors (Lipinski definition) is 0. The smallest absolute Gasteiger partial charge is 0.255 e. The van der Waals surface area contributed by atoms with Crippen molar-refractivity contribution in [1.29, 1.82) is 0 Å². The molecule has 0 atom stereocenters. The molecule has 0 amide bonds. The van der Waals surface area contributed by atoms with E-state index in [4.69, 9.17) is 0 Å². The first-order valence-electron chi connectivity index (χ1n) is 6.28. The van der Waals surface area contributed by atoms with Crippen molar-refractivity contribution in [1.82, 2.24) is 14.3 Å². The van der Waals surface area contributed by atoms with Crippen LogP contribution in [0.3, 0.4) is 0 Å². The van der Waals surface area contributed by atoms with E-state index in [1.165, 1.54) is 0 Å². The van der Waals surface area contributed by atoms with E-state index in [0.29, 0.717) is 0 Å². The van der Waals surface area contributed by atoms with E-state index in [1.54, 1.807) is 27.7 Å². The molecule has 0 aliphatic heterocycles. The number of rotatable bonds is 3. The van der Waals surface area contributed by atoms with Crippen molar-refractivity contribution in [2.24, 2.45) is 0 Å². The number of aldehydes is 1. The lowest BCUT2D eigenvalue weighted by molar-refractivity contribution is -0.108. The zero-order valence-corrected chi connectivity index (χ0v) is 11.0. The van der Waals surface area contributed by atoms with Gasteiger partial charge in [-0.25, -0.2) is 0 Å². The van der Waals surface area contributed by atoms with Gasteiger partial charge in [-0.15, -0.1) is 0 Å². The third-order valence-electron chi connectivity index (χ3n) is 3.23. The highest BCUT2D eigenvalue weighted by molar-refractivity contribution is 5.81. The molecular formula is C15H13N3O2. The second-order valence-electron chi connectivity index (χ2n) is 4.65. The average molecular weight is 267 g/mol. The number of carbonyl (C=O) groups excluding carboxylic acids is 1. The molecule has 0 saturated heterocycles. The van der Waals surface area contributed by atoms with Gasteiger partial charge in [0.25, 0.3) is 5.56 Å². The predicted octanol–water partition coefficient (Wildman–Crippen LogP) is 1.69. The van der Waals surface area contributed by atoms with Gasteiger partial charge in [-0.3, -0.25) is 14.0 Å². The van der Waals surface area contributed by atoms with E-state index in [-0.39, 0.29) is 12.1 Å². The highest BCUT2D eigenvalue weighted by Gasteiger charge is 2.05. The molecule has 0 saturated carbocycles. The largest absolute Gasteiger partial charge is 0.301 e. The second kappa shape index (κ2) is 4.77. The van der Waals surface area contributed by atoms with E-state index in [0.717, 1.165) is 28.4 Å². The summed E-state index contributed by atoms with van der Waals surface area (Å²) in [6.07, 6.45) is 4.26. The Morgan fingerprint density at radius 3 is 2.85 bits per heavy atom. The van der Waals surface area contributed by atoms with E-state index in [9.17, 15) is 9.59 Å². The lowest BCUT2D eigenvalue weighted by Gasteiger charge is -2.06. The number of benzene rings is 1. The van der Waals surface area contributed by atoms with Crippen LogP contribution in [-0.2, 0) is 11.3 Å². The summed E-state index contributed by atoms with van der Waals surface area (Å²) in [5, 5.41) is 5.05. The van der Waals surface area contributed by atoms with Gasteiger partial charge in [0.2, 0.25) is 0 Å². The molecule has 5 nitrogen and oxygen atoms in total. The summed E-state index contributed by atoms with van der Waals surface area (Å²) in [5.41, 5.74) is 2.53. The molecular weight excluding hydrogens is 254 g/mol. The molecule has 5 heteroatoms. The standard InChI is InChI=1S/C15H13N3O2/c1-11-4-5-17(15(20)8-11)13-2-3-14-12(9-13)10-16-18(14)6-7-19/h2-5,7-10H,6H2,1H3. The maximum atomic E-state index is 12.0. The molecule has 0 fully saturated rings. The zero-order valence-electron chi connectivity index (χ0n) is 11.0. The Bertz CT molecular complexity index is 846. The summed E-state index contributed by atoms with van der Waals surface area (Å²) in [4.78, 5) is 22.6. The number of aromatic nitrogens is 3. The summed E-state index contributed by atoms with van der Waals surface area (Å²) >= 11 is 0. The van der Waals surface area contributed by atoms with Crippen LogP contribution in [0.4, 0.5) is 0 Å². The lowest BCUT2D eigenvalue weighted by Crippen LogP contribution is -2.16. The fourth-order valence-corrected chi connectivity index (χ4v) is 2.23. The summed E-state index contributed by atoms with van der Waals surface area (Å²) in [6, 6.07) is 9.09. The van der Waals surface area contributed by atoms with E-state index < -0.39 is 0 Å². The van der Waals surface area contributed by atoms with Gasteiger partial charge in [-0.2, -0.15) is 5.10 Å². The molecule has 0 bridgehead atoms. The Hall–Kier alpha value is -2.69. The molecule has 2 aromatic heterocycles. The zero-order chi connectivity index (χ0) is 14.1. The number of carbonyl (C=O) groups is 1. The van der Waals surface area contributed by atoms with Crippen LogP contribution in [0.25, 0.3) is 16.6 Å². The first-order chi connectivity index (χ1) is 9.69. The van der Waals surface area contributed by atoms with Crippen LogP contribution in [0.2, 0.25) is 0 Å². The SMILES string of the molecule is Cc1ccn(-c2ccc3c(cnn3CC=O)c2)c(=O)c1. The molecule has 3 aromatic rings. The maximum absolute atomic E-state index is 12.0. The van der Waals surface area contributed by atoms with E-state index in [2.05, 4.69) is 5.10 Å².